The summed E-state index contributed by atoms with van der Waals surface area (Å²) in [6.45, 7) is 0.929. The molecule has 1 aromatic heterocycles. The SMILES string of the molecule is O=C(c1c[nH]c2cc(Cl)ccc2c1=O)N1C[C@@H]2CCOC[C@]2(C(=O)O)C1. The fraction of sp³-hybridized carbons (Fsp3) is 0.389. The first kappa shape index (κ1) is 17.1. The van der Waals surface area contributed by atoms with E-state index in [1.54, 1.807) is 18.2 Å². The number of halogens is 1. The van der Waals surface area contributed by atoms with E-state index in [1.807, 2.05) is 0 Å². The number of amides is 1. The molecule has 26 heavy (non-hydrogen) atoms. The predicted octanol–water partition coefficient (Wildman–Crippen LogP) is 1.74. The lowest BCUT2D eigenvalue weighted by molar-refractivity contribution is -0.159. The highest BCUT2D eigenvalue weighted by atomic mass is 35.5. The number of benzene rings is 1. The lowest BCUT2D eigenvalue weighted by Gasteiger charge is -2.33. The Labute approximate surface area is 153 Å². The molecule has 3 heterocycles. The summed E-state index contributed by atoms with van der Waals surface area (Å²) in [5.74, 6) is -1.59. The van der Waals surface area contributed by atoms with Crippen molar-refractivity contribution in [3.63, 3.8) is 0 Å². The fourth-order valence-electron chi connectivity index (χ4n) is 3.97. The van der Waals surface area contributed by atoms with Gasteiger partial charge in [-0.2, -0.15) is 0 Å². The molecule has 2 atom stereocenters. The number of aliphatic carboxylic acids is 1. The number of carbonyl (C=O) groups excluding carboxylic acids is 1. The zero-order valence-electron chi connectivity index (χ0n) is 13.8. The molecule has 4 rings (SSSR count). The molecule has 2 N–H and O–H groups in total. The number of fused-ring (bicyclic) bond motifs is 2. The third-order valence-corrected chi connectivity index (χ3v) is 5.69. The number of hydrogen-bond donors (Lipinski definition) is 2. The minimum absolute atomic E-state index is 0.0000680. The smallest absolute Gasteiger partial charge is 0.314 e. The number of pyridine rings is 1. The third-order valence-electron chi connectivity index (χ3n) is 5.45. The zero-order valence-corrected chi connectivity index (χ0v) is 14.6. The molecule has 8 heteroatoms. The van der Waals surface area contributed by atoms with E-state index < -0.39 is 22.7 Å². The maximum absolute atomic E-state index is 12.9. The van der Waals surface area contributed by atoms with E-state index in [1.165, 1.54) is 11.1 Å². The minimum atomic E-state index is -1.09. The molecule has 136 valence electrons. The summed E-state index contributed by atoms with van der Waals surface area (Å²) < 4.78 is 5.38. The number of aromatic amines is 1. The van der Waals surface area contributed by atoms with Crippen molar-refractivity contribution in [1.82, 2.24) is 9.88 Å². The van der Waals surface area contributed by atoms with Gasteiger partial charge in [-0.1, -0.05) is 11.6 Å². The maximum Gasteiger partial charge on any atom is 0.314 e. The summed E-state index contributed by atoms with van der Waals surface area (Å²) in [5, 5.41) is 10.5. The van der Waals surface area contributed by atoms with E-state index in [9.17, 15) is 19.5 Å². The summed E-state index contributed by atoms with van der Waals surface area (Å²) in [4.78, 5) is 41.9. The van der Waals surface area contributed by atoms with Gasteiger partial charge in [-0.25, -0.2) is 0 Å². The Morgan fingerprint density at radius 2 is 2.19 bits per heavy atom. The number of carbonyl (C=O) groups is 2. The van der Waals surface area contributed by atoms with Gasteiger partial charge in [0.1, 0.15) is 11.0 Å². The number of carboxylic acid groups (broad SMARTS) is 1. The summed E-state index contributed by atoms with van der Waals surface area (Å²) in [6.07, 6.45) is 1.96. The van der Waals surface area contributed by atoms with Crippen LogP contribution in [0.3, 0.4) is 0 Å². The average molecular weight is 377 g/mol. The highest BCUT2D eigenvalue weighted by Gasteiger charge is 2.55. The van der Waals surface area contributed by atoms with Crippen LogP contribution in [0, 0.1) is 11.3 Å². The molecule has 0 aliphatic carbocycles. The highest BCUT2D eigenvalue weighted by molar-refractivity contribution is 6.31. The van der Waals surface area contributed by atoms with Crippen molar-refractivity contribution >= 4 is 34.4 Å². The first-order valence-corrected chi connectivity index (χ1v) is 8.71. The first-order valence-electron chi connectivity index (χ1n) is 8.34. The minimum Gasteiger partial charge on any atom is -0.481 e. The summed E-state index contributed by atoms with van der Waals surface area (Å²) in [7, 11) is 0. The van der Waals surface area contributed by atoms with Gasteiger partial charge in [-0.15, -0.1) is 0 Å². The number of ether oxygens (including phenoxy) is 1. The molecule has 0 radical (unpaired) electrons. The van der Waals surface area contributed by atoms with Crippen LogP contribution >= 0.6 is 11.6 Å². The molecule has 2 fully saturated rings. The number of aromatic nitrogens is 1. The molecular weight excluding hydrogens is 360 g/mol. The van der Waals surface area contributed by atoms with Crippen molar-refractivity contribution < 1.29 is 19.4 Å². The van der Waals surface area contributed by atoms with Gasteiger partial charge < -0.3 is 19.7 Å². The van der Waals surface area contributed by atoms with Gasteiger partial charge in [0, 0.05) is 36.3 Å². The zero-order chi connectivity index (χ0) is 18.5. The van der Waals surface area contributed by atoms with Crippen LogP contribution < -0.4 is 5.43 Å². The van der Waals surface area contributed by atoms with Crippen LogP contribution in [-0.4, -0.2) is 53.2 Å². The van der Waals surface area contributed by atoms with Crippen molar-refractivity contribution in [2.24, 2.45) is 11.3 Å². The average Bonchev–Trinajstić information content (AvgIpc) is 3.02. The molecule has 1 amide bonds. The Bertz CT molecular complexity index is 972. The molecule has 2 saturated heterocycles. The predicted molar refractivity (Wildman–Crippen MR) is 94.5 cm³/mol. The Hall–Kier alpha value is -2.38. The van der Waals surface area contributed by atoms with Gasteiger partial charge in [0.25, 0.3) is 5.91 Å². The molecule has 0 saturated carbocycles. The van der Waals surface area contributed by atoms with E-state index >= 15 is 0 Å². The van der Waals surface area contributed by atoms with E-state index in [0.717, 1.165) is 0 Å². The van der Waals surface area contributed by atoms with Crippen molar-refractivity contribution in [3.05, 3.63) is 45.2 Å². The van der Waals surface area contributed by atoms with Crippen LogP contribution in [-0.2, 0) is 9.53 Å². The van der Waals surface area contributed by atoms with Gasteiger partial charge in [-0.05, 0) is 30.5 Å². The Morgan fingerprint density at radius 1 is 1.38 bits per heavy atom. The summed E-state index contributed by atoms with van der Waals surface area (Å²) in [5.41, 5.74) is -0.939. The van der Waals surface area contributed by atoms with E-state index in [4.69, 9.17) is 16.3 Å². The van der Waals surface area contributed by atoms with Crippen molar-refractivity contribution in [2.45, 2.75) is 6.42 Å². The molecule has 2 aliphatic rings. The highest BCUT2D eigenvalue weighted by Crippen LogP contribution is 2.42. The molecule has 2 aromatic rings. The Kier molecular flexibility index (Phi) is 4.00. The second-order valence-electron chi connectivity index (χ2n) is 6.91. The van der Waals surface area contributed by atoms with Crippen LogP contribution in [0.4, 0.5) is 0 Å². The van der Waals surface area contributed by atoms with Crippen molar-refractivity contribution in [3.8, 4) is 0 Å². The van der Waals surface area contributed by atoms with Crippen LogP contribution in [0.1, 0.15) is 16.8 Å². The molecule has 0 unspecified atom stereocenters. The molecule has 7 nitrogen and oxygen atoms in total. The van der Waals surface area contributed by atoms with Gasteiger partial charge in [0.15, 0.2) is 0 Å². The van der Waals surface area contributed by atoms with Gasteiger partial charge >= 0.3 is 5.97 Å². The number of nitrogens with one attached hydrogen (secondary N) is 1. The van der Waals surface area contributed by atoms with Gasteiger partial charge in [0.05, 0.1) is 12.1 Å². The van der Waals surface area contributed by atoms with Crippen molar-refractivity contribution in [2.75, 3.05) is 26.3 Å². The van der Waals surface area contributed by atoms with Crippen molar-refractivity contribution in [1.29, 1.82) is 0 Å². The summed E-state index contributed by atoms with van der Waals surface area (Å²) >= 11 is 5.93. The number of nitrogens with zero attached hydrogens (tertiary/aromatic N) is 1. The fourth-order valence-corrected chi connectivity index (χ4v) is 4.14. The number of carboxylic acids is 1. The lowest BCUT2D eigenvalue weighted by atomic mass is 9.76. The molecule has 0 bridgehead atoms. The molecule has 2 aliphatic heterocycles. The van der Waals surface area contributed by atoms with Gasteiger partial charge in [-0.3, -0.25) is 14.4 Å². The van der Waals surface area contributed by atoms with E-state index in [0.29, 0.717) is 35.5 Å². The quantitative estimate of drug-likeness (QED) is 0.831. The first-order chi connectivity index (χ1) is 12.4. The van der Waals surface area contributed by atoms with E-state index in [-0.39, 0.29) is 24.6 Å². The largest absolute Gasteiger partial charge is 0.481 e. The van der Waals surface area contributed by atoms with Gasteiger partial charge in [0.2, 0.25) is 5.43 Å². The second kappa shape index (κ2) is 6.10. The number of rotatable bonds is 2. The molecular formula is C18H17ClN2O5. The summed E-state index contributed by atoms with van der Waals surface area (Å²) in [6, 6.07) is 4.78. The molecule has 1 aromatic carbocycles. The topological polar surface area (TPSA) is 99.7 Å². The number of hydrogen-bond acceptors (Lipinski definition) is 4. The second-order valence-corrected chi connectivity index (χ2v) is 7.34. The Balaban J connectivity index is 1.69. The standard InChI is InChI=1S/C18H17ClN2O5/c19-11-1-2-12-14(5-11)20-6-13(15(12)22)16(23)21-7-10-3-4-26-9-18(10,8-21)17(24)25/h1-2,5-6,10H,3-4,7-9H2,(H,20,22)(H,24,25)/t10-,18+/m0/s1. The van der Waals surface area contributed by atoms with Crippen LogP contribution in [0.15, 0.2) is 29.2 Å². The van der Waals surface area contributed by atoms with Crippen LogP contribution in [0.25, 0.3) is 10.9 Å². The molecule has 0 spiro atoms. The maximum atomic E-state index is 12.9. The number of H-pyrrole nitrogens is 1. The monoisotopic (exact) mass is 376 g/mol. The van der Waals surface area contributed by atoms with E-state index in [2.05, 4.69) is 4.98 Å². The Morgan fingerprint density at radius 3 is 2.92 bits per heavy atom. The number of likely N-dealkylation sites (tertiary alicyclic amines) is 1. The van der Waals surface area contributed by atoms with Crippen LogP contribution in [0.5, 0.6) is 0 Å². The lowest BCUT2D eigenvalue weighted by Crippen LogP contribution is -2.46. The third kappa shape index (κ3) is 2.50. The normalized spacial score (nSPS) is 25.3. The van der Waals surface area contributed by atoms with Crippen LogP contribution in [0.2, 0.25) is 5.02 Å².